The predicted molar refractivity (Wildman–Crippen MR) is 207 cm³/mol. The minimum atomic E-state index is 0.632. The molecule has 0 atom stereocenters. The number of nitrogens with zero attached hydrogens (tertiary/aromatic N) is 3. The molecule has 1 heterocycles. The fourth-order valence-electron chi connectivity index (χ4n) is 6.96. The van der Waals surface area contributed by atoms with Gasteiger partial charge in [-0.25, -0.2) is 15.0 Å². The van der Waals surface area contributed by atoms with Gasteiger partial charge in [0.1, 0.15) is 0 Å². The first kappa shape index (κ1) is 29.4. The fourth-order valence-corrected chi connectivity index (χ4v) is 6.96. The number of aromatic nitrogens is 3. The van der Waals surface area contributed by atoms with E-state index in [1.54, 1.807) is 0 Å². The highest BCUT2D eigenvalue weighted by Crippen LogP contribution is 2.39. The van der Waals surface area contributed by atoms with Crippen LogP contribution in [0.5, 0.6) is 0 Å². The summed E-state index contributed by atoms with van der Waals surface area (Å²) in [6.45, 7) is 0. The lowest BCUT2D eigenvalue weighted by Crippen LogP contribution is -2.01. The molecule has 0 radical (unpaired) electrons. The second-order valence-electron chi connectivity index (χ2n) is 12.4. The molecule has 50 heavy (non-hydrogen) atoms. The van der Waals surface area contributed by atoms with Crippen molar-refractivity contribution in [2.45, 2.75) is 0 Å². The zero-order chi connectivity index (χ0) is 33.3. The first-order valence-electron chi connectivity index (χ1n) is 16.9. The normalized spacial score (nSPS) is 11.2. The van der Waals surface area contributed by atoms with Gasteiger partial charge < -0.3 is 0 Å². The second-order valence-corrected chi connectivity index (χ2v) is 12.4. The maximum absolute atomic E-state index is 5.22. The van der Waals surface area contributed by atoms with Crippen LogP contribution in [0.4, 0.5) is 0 Å². The van der Waals surface area contributed by atoms with Gasteiger partial charge in [0, 0.05) is 22.3 Å². The van der Waals surface area contributed by atoms with E-state index in [1.807, 2.05) is 24.3 Å². The van der Waals surface area contributed by atoms with Crippen molar-refractivity contribution in [3.63, 3.8) is 0 Å². The van der Waals surface area contributed by atoms with E-state index >= 15 is 0 Å². The zero-order valence-corrected chi connectivity index (χ0v) is 27.2. The van der Waals surface area contributed by atoms with Crippen LogP contribution in [0.1, 0.15) is 0 Å². The minimum Gasteiger partial charge on any atom is -0.208 e. The van der Waals surface area contributed by atoms with Gasteiger partial charge in [0.05, 0.1) is 0 Å². The first-order chi connectivity index (χ1) is 24.8. The first-order valence-corrected chi connectivity index (χ1v) is 16.9. The van der Waals surface area contributed by atoms with E-state index in [0.717, 1.165) is 38.8 Å². The lowest BCUT2D eigenvalue weighted by molar-refractivity contribution is 1.07. The van der Waals surface area contributed by atoms with Crippen molar-refractivity contribution in [1.82, 2.24) is 15.0 Å². The molecule has 3 heteroatoms. The second kappa shape index (κ2) is 12.7. The molecule has 9 rings (SSSR count). The molecular formula is C47H31N3. The standard InChI is InChI=1S/C47H31N3/c1-4-15-32(16-5-1)38-29-30-39(42-26-13-12-25-41(38)42)36-22-14-23-37(31-36)46-48-45(35-20-8-3-9-21-35)49-47(50-46)43-28-27-33-17-10-11-24-40(33)44(43)34-18-6-2-7-19-34/h1-31H. The molecule has 0 saturated carbocycles. The average Bonchev–Trinajstić information content (AvgIpc) is 3.21. The quantitative estimate of drug-likeness (QED) is 0.182. The van der Waals surface area contributed by atoms with Crippen LogP contribution in [0.3, 0.4) is 0 Å². The van der Waals surface area contributed by atoms with E-state index < -0.39 is 0 Å². The molecule has 0 saturated heterocycles. The summed E-state index contributed by atoms with van der Waals surface area (Å²) >= 11 is 0. The summed E-state index contributed by atoms with van der Waals surface area (Å²) in [6.07, 6.45) is 0. The van der Waals surface area contributed by atoms with Gasteiger partial charge in [0.2, 0.25) is 0 Å². The van der Waals surface area contributed by atoms with E-state index in [4.69, 9.17) is 15.0 Å². The van der Waals surface area contributed by atoms with Gasteiger partial charge in [-0.1, -0.05) is 176 Å². The highest BCUT2D eigenvalue weighted by molar-refractivity contribution is 6.05. The maximum Gasteiger partial charge on any atom is 0.164 e. The van der Waals surface area contributed by atoms with Crippen molar-refractivity contribution in [3.8, 4) is 67.5 Å². The van der Waals surface area contributed by atoms with Gasteiger partial charge in [-0.15, -0.1) is 0 Å². The fraction of sp³-hybridized carbons (Fsp3) is 0. The number of rotatable bonds is 6. The minimum absolute atomic E-state index is 0.632. The molecule has 1 aromatic heterocycles. The number of hydrogen-bond acceptors (Lipinski definition) is 3. The topological polar surface area (TPSA) is 38.7 Å². The van der Waals surface area contributed by atoms with E-state index in [9.17, 15) is 0 Å². The summed E-state index contributed by atoms with van der Waals surface area (Å²) in [6, 6.07) is 65.8. The van der Waals surface area contributed by atoms with Crippen LogP contribution >= 0.6 is 0 Å². The van der Waals surface area contributed by atoms with Crippen molar-refractivity contribution in [3.05, 3.63) is 188 Å². The molecular weight excluding hydrogens is 607 g/mol. The van der Waals surface area contributed by atoms with Crippen LogP contribution in [0.15, 0.2) is 188 Å². The largest absolute Gasteiger partial charge is 0.208 e. The van der Waals surface area contributed by atoms with E-state index in [1.165, 1.54) is 32.8 Å². The van der Waals surface area contributed by atoms with Crippen molar-refractivity contribution < 1.29 is 0 Å². The molecule has 0 unspecified atom stereocenters. The Labute approximate surface area is 291 Å². The molecule has 0 N–H and O–H groups in total. The lowest BCUT2D eigenvalue weighted by Gasteiger charge is -2.15. The maximum atomic E-state index is 5.22. The molecule has 0 aliphatic rings. The Morgan fingerprint density at radius 1 is 0.260 bits per heavy atom. The molecule has 0 aliphatic carbocycles. The zero-order valence-electron chi connectivity index (χ0n) is 27.2. The SMILES string of the molecule is c1ccc(-c2nc(-c3cccc(-c4ccc(-c5ccccc5)c5ccccc45)c3)nc(-c3ccc4ccccc4c3-c3ccccc3)n2)cc1. The summed E-state index contributed by atoms with van der Waals surface area (Å²) in [4.78, 5) is 15.4. The van der Waals surface area contributed by atoms with Gasteiger partial charge in [0.25, 0.3) is 0 Å². The Balaban J connectivity index is 1.24. The van der Waals surface area contributed by atoms with Crippen LogP contribution in [-0.4, -0.2) is 15.0 Å². The molecule has 0 fully saturated rings. The van der Waals surface area contributed by atoms with Crippen LogP contribution in [0.2, 0.25) is 0 Å². The molecule has 8 aromatic carbocycles. The van der Waals surface area contributed by atoms with Crippen molar-refractivity contribution in [2.75, 3.05) is 0 Å². The smallest absolute Gasteiger partial charge is 0.164 e. The molecule has 234 valence electrons. The molecule has 3 nitrogen and oxygen atoms in total. The molecule has 0 spiro atoms. The van der Waals surface area contributed by atoms with Gasteiger partial charge in [0.15, 0.2) is 17.5 Å². The van der Waals surface area contributed by atoms with Crippen molar-refractivity contribution >= 4 is 21.5 Å². The van der Waals surface area contributed by atoms with Gasteiger partial charge in [-0.05, 0) is 61.5 Å². The highest BCUT2D eigenvalue weighted by atomic mass is 15.0. The van der Waals surface area contributed by atoms with Crippen LogP contribution in [0, 0.1) is 0 Å². The Bertz CT molecular complexity index is 2630. The Morgan fingerprint density at radius 3 is 1.40 bits per heavy atom. The number of benzene rings is 8. The summed E-state index contributed by atoms with van der Waals surface area (Å²) in [5.41, 5.74) is 9.78. The predicted octanol–water partition coefficient (Wildman–Crippen LogP) is 12.2. The average molecular weight is 638 g/mol. The van der Waals surface area contributed by atoms with Crippen LogP contribution < -0.4 is 0 Å². The van der Waals surface area contributed by atoms with Crippen LogP contribution in [-0.2, 0) is 0 Å². The Morgan fingerprint density at radius 2 is 0.720 bits per heavy atom. The van der Waals surface area contributed by atoms with Gasteiger partial charge in [-0.2, -0.15) is 0 Å². The molecule has 0 bridgehead atoms. The summed E-state index contributed by atoms with van der Waals surface area (Å²) in [5, 5.41) is 4.76. The summed E-state index contributed by atoms with van der Waals surface area (Å²) < 4.78 is 0. The van der Waals surface area contributed by atoms with E-state index in [2.05, 4.69) is 164 Å². The van der Waals surface area contributed by atoms with Crippen LogP contribution in [0.25, 0.3) is 89.1 Å². The summed E-state index contributed by atoms with van der Waals surface area (Å²) in [7, 11) is 0. The highest BCUT2D eigenvalue weighted by Gasteiger charge is 2.18. The summed E-state index contributed by atoms with van der Waals surface area (Å²) in [5.74, 6) is 1.91. The van der Waals surface area contributed by atoms with Gasteiger partial charge in [-0.3, -0.25) is 0 Å². The Hall–Kier alpha value is -6.71. The van der Waals surface area contributed by atoms with Gasteiger partial charge >= 0.3 is 0 Å². The van der Waals surface area contributed by atoms with Crippen molar-refractivity contribution in [2.24, 2.45) is 0 Å². The number of fused-ring (bicyclic) bond motifs is 2. The number of hydrogen-bond donors (Lipinski definition) is 0. The third-order valence-electron chi connectivity index (χ3n) is 9.34. The third-order valence-corrected chi connectivity index (χ3v) is 9.34. The molecule has 0 amide bonds. The van der Waals surface area contributed by atoms with E-state index in [-0.39, 0.29) is 0 Å². The van der Waals surface area contributed by atoms with Crippen molar-refractivity contribution in [1.29, 1.82) is 0 Å². The molecule has 9 aromatic rings. The monoisotopic (exact) mass is 637 g/mol. The third kappa shape index (κ3) is 5.41. The Kier molecular flexibility index (Phi) is 7.49. The van der Waals surface area contributed by atoms with E-state index in [0.29, 0.717) is 17.5 Å². The molecule has 0 aliphatic heterocycles. The lowest BCUT2D eigenvalue weighted by atomic mass is 9.91.